The van der Waals surface area contributed by atoms with E-state index in [0.29, 0.717) is 0 Å². The van der Waals surface area contributed by atoms with Gasteiger partial charge in [0.25, 0.3) is 15.7 Å². The lowest BCUT2D eigenvalue weighted by Gasteiger charge is -2.15. The number of hydrogen-bond donors (Lipinski definition) is 6. The van der Waals surface area contributed by atoms with E-state index in [-0.39, 0.29) is 18.8 Å². The van der Waals surface area contributed by atoms with Crippen molar-refractivity contribution in [2.75, 3.05) is 18.9 Å². The standard InChI is InChI=1S/C12H19N3O9S/c16-4-7-8(17)9(18)10(24-7)6-3-15(12(20)14-11(6)19)5-13-1-2-25(21,22)23/h3,7-10,13,16-18H,1-2,4-5H2,(H,14,19,20)(H,21,22,23)/t7-,8-,9-,10+/m1/s1. The highest BCUT2D eigenvalue weighted by atomic mass is 32.2. The molecular formula is C12H19N3O9S. The number of aromatic nitrogens is 2. The van der Waals surface area contributed by atoms with E-state index >= 15 is 0 Å². The molecule has 6 N–H and O–H groups in total. The van der Waals surface area contributed by atoms with Crippen molar-refractivity contribution in [3.63, 3.8) is 0 Å². The van der Waals surface area contributed by atoms with E-state index in [1.165, 1.54) is 0 Å². The van der Waals surface area contributed by atoms with E-state index in [4.69, 9.17) is 14.4 Å². The van der Waals surface area contributed by atoms with Gasteiger partial charge in [0.1, 0.15) is 24.4 Å². The van der Waals surface area contributed by atoms with Crippen molar-refractivity contribution in [1.82, 2.24) is 14.9 Å². The molecule has 2 rings (SSSR count). The van der Waals surface area contributed by atoms with Crippen molar-refractivity contribution in [1.29, 1.82) is 0 Å². The molecule has 1 fully saturated rings. The topological polar surface area (TPSA) is 191 Å². The number of aromatic amines is 1. The molecule has 1 aromatic heterocycles. The third-order valence-corrected chi connectivity index (χ3v) is 4.43. The van der Waals surface area contributed by atoms with Crippen molar-refractivity contribution in [3.8, 4) is 0 Å². The zero-order valence-electron chi connectivity index (χ0n) is 12.9. The first-order valence-corrected chi connectivity index (χ1v) is 8.87. The average Bonchev–Trinajstić information content (AvgIpc) is 2.80. The summed E-state index contributed by atoms with van der Waals surface area (Å²) in [7, 11) is -4.15. The summed E-state index contributed by atoms with van der Waals surface area (Å²) in [5, 5.41) is 31.4. The number of H-pyrrole nitrogens is 1. The van der Waals surface area contributed by atoms with Crippen LogP contribution in [0.25, 0.3) is 0 Å². The van der Waals surface area contributed by atoms with Gasteiger partial charge in [-0.05, 0) is 0 Å². The van der Waals surface area contributed by atoms with E-state index in [1.54, 1.807) is 0 Å². The van der Waals surface area contributed by atoms with E-state index in [1.807, 2.05) is 4.98 Å². The Kier molecular flexibility index (Phi) is 6.10. The van der Waals surface area contributed by atoms with Gasteiger partial charge in [-0.1, -0.05) is 0 Å². The minimum atomic E-state index is -4.15. The maximum atomic E-state index is 12.0. The minimum Gasteiger partial charge on any atom is -0.394 e. The lowest BCUT2D eigenvalue weighted by molar-refractivity contribution is -0.0233. The fourth-order valence-electron chi connectivity index (χ4n) is 2.40. The molecule has 1 aliphatic heterocycles. The first kappa shape index (κ1) is 19.7. The van der Waals surface area contributed by atoms with Gasteiger partial charge in [-0.15, -0.1) is 0 Å². The Morgan fingerprint density at radius 1 is 1.28 bits per heavy atom. The van der Waals surface area contributed by atoms with E-state index < -0.39 is 58.1 Å². The number of rotatable bonds is 7. The summed E-state index contributed by atoms with van der Waals surface area (Å²) in [5.74, 6) is -0.563. The summed E-state index contributed by atoms with van der Waals surface area (Å²) in [6.07, 6.45) is -4.10. The molecule has 0 saturated carbocycles. The van der Waals surface area contributed by atoms with Crippen LogP contribution in [0.15, 0.2) is 15.8 Å². The molecule has 1 saturated heterocycles. The van der Waals surface area contributed by atoms with Gasteiger partial charge in [0, 0.05) is 12.7 Å². The smallest absolute Gasteiger partial charge is 0.329 e. The van der Waals surface area contributed by atoms with Gasteiger partial charge in [-0.3, -0.25) is 24.2 Å². The van der Waals surface area contributed by atoms with Crippen LogP contribution in [0, 0.1) is 0 Å². The summed E-state index contributed by atoms with van der Waals surface area (Å²) in [6.45, 7) is -0.899. The van der Waals surface area contributed by atoms with Crippen LogP contribution >= 0.6 is 0 Å². The summed E-state index contributed by atoms with van der Waals surface area (Å²) < 4.78 is 36.1. The van der Waals surface area contributed by atoms with Crippen molar-refractivity contribution in [3.05, 3.63) is 32.6 Å². The zero-order chi connectivity index (χ0) is 18.8. The Labute approximate surface area is 141 Å². The first-order chi connectivity index (χ1) is 11.6. The normalized spacial score (nSPS) is 26.9. The summed E-state index contributed by atoms with van der Waals surface area (Å²) in [5.41, 5.74) is -1.76. The molecule has 0 aromatic carbocycles. The predicted molar refractivity (Wildman–Crippen MR) is 82.5 cm³/mol. The summed E-state index contributed by atoms with van der Waals surface area (Å²) in [4.78, 5) is 25.7. The van der Waals surface area contributed by atoms with E-state index in [9.17, 15) is 28.2 Å². The van der Waals surface area contributed by atoms with Gasteiger partial charge in [0.05, 0.1) is 24.6 Å². The maximum Gasteiger partial charge on any atom is 0.329 e. The molecule has 0 bridgehead atoms. The Morgan fingerprint density at radius 3 is 2.52 bits per heavy atom. The number of hydrogen-bond acceptors (Lipinski definition) is 9. The van der Waals surface area contributed by atoms with E-state index in [0.717, 1.165) is 10.8 Å². The van der Waals surface area contributed by atoms with Gasteiger partial charge in [-0.25, -0.2) is 4.79 Å². The fraction of sp³-hybridized carbons (Fsp3) is 0.667. The number of aliphatic hydroxyl groups is 3. The second kappa shape index (κ2) is 7.74. The first-order valence-electron chi connectivity index (χ1n) is 7.26. The predicted octanol–water partition coefficient (Wildman–Crippen LogP) is -3.87. The molecule has 1 aliphatic rings. The van der Waals surface area contributed by atoms with Crippen molar-refractivity contribution in [2.45, 2.75) is 31.1 Å². The molecule has 0 amide bonds. The Bertz CT molecular complexity index is 818. The lowest BCUT2D eigenvalue weighted by atomic mass is 10.0. The van der Waals surface area contributed by atoms with Crippen LogP contribution in [0.4, 0.5) is 0 Å². The average molecular weight is 381 g/mol. The van der Waals surface area contributed by atoms with Crippen LogP contribution in [0.2, 0.25) is 0 Å². The van der Waals surface area contributed by atoms with Crippen molar-refractivity contribution in [2.24, 2.45) is 0 Å². The SMILES string of the molecule is O=c1[nH]c(=O)n(CNCCS(=O)(=O)O)cc1[C@@H]1O[C@H](CO)[C@@H](O)[C@H]1O. The van der Waals surface area contributed by atoms with Gasteiger partial charge >= 0.3 is 5.69 Å². The molecular weight excluding hydrogens is 362 g/mol. The Hall–Kier alpha value is -1.61. The highest BCUT2D eigenvalue weighted by molar-refractivity contribution is 7.85. The summed E-state index contributed by atoms with van der Waals surface area (Å²) >= 11 is 0. The highest BCUT2D eigenvalue weighted by Gasteiger charge is 2.44. The van der Waals surface area contributed by atoms with Gasteiger partial charge in [0.15, 0.2) is 0 Å². The quantitative estimate of drug-likeness (QED) is 0.201. The third kappa shape index (κ3) is 4.72. The summed E-state index contributed by atoms with van der Waals surface area (Å²) in [6, 6.07) is 0. The number of ether oxygens (including phenoxy) is 1. The largest absolute Gasteiger partial charge is 0.394 e. The maximum absolute atomic E-state index is 12.0. The Balaban J connectivity index is 2.18. The molecule has 0 radical (unpaired) electrons. The molecule has 13 heteroatoms. The van der Waals surface area contributed by atoms with E-state index in [2.05, 4.69) is 5.32 Å². The molecule has 0 unspecified atom stereocenters. The fourth-order valence-corrected chi connectivity index (χ4v) is 2.81. The number of aliphatic hydroxyl groups excluding tert-OH is 3. The monoisotopic (exact) mass is 381 g/mol. The van der Waals surface area contributed by atoms with Gasteiger partial charge < -0.3 is 20.1 Å². The second-order valence-electron chi connectivity index (χ2n) is 5.52. The van der Waals surface area contributed by atoms with Crippen molar-refractivity contribution >= 4 is 10.1 Å². The molecule has 2 heterocycles. The van der Waals surface area contributed by atoms with Gasteiger partial charge in [0.2, 0.25) is 0 Å². The van der Waals surface area contributed by atoms with Crippen LogP contribution in [0.3, 0.4) is 0 Å². The second-order valence-corrected chi connectivity index (χ2v) is 7.09. The number of nitrogens with one attached hydrogen (secondary N) is 2. The zero-order valence-corrected chi connectivity index (χ0v) is 13.7. The van der Waals surface area contributed by atoms with Crippen LogP contribution in [-0.2, 0) is 21.5 Å². The molecule has 142 valence electrons. The van der Waals surface area contributed by atoms with Crippen molar-refractivity contribution < 1.29 is 33.0 Å². The molecule has 1 aromatic rings. The minimum absolute atomic E-state index is 0.140. The number of nitrogens with zero attached hydrogens (tertiary/aromatic N) is 1. The highest BCUT2D eigenvalue weighted by Crippen LogP contribution is 2.31. The van der Waals surface area contributed by atoms with Crippen LogP contribution in [0.5, 0.6) is 0 Å². The van der Waals surface area contributed by atoms with Crippen LogP contribution < -0.4 is 16.6 Å². The molecule has 25 heavy (non-hydrogen) atoms. The molecule has 0 spiro atoms. The Morgan fingerprint density at radius 2 is 1.96 bits per heavy atom. The van der Waals surface area contributed by atoms with Gasteiger partial charge in [-0.2, -0.15) is 8.42 Å². The third-order valence-electron chi connectivity index (χ3n) is 3.71. The van der Waals surface area contributed by atoms with Crippen LogP contribution in [-0.4, -0.2) is 75.1 Å². The molecule has 12 nitrogen and oxygen atoms in total. The lowest BCUT2D eigenvalue weighted by Crippen LogP contribution is -2.38. The molecule has 4 atom stereocenters. The van der Waals surface area contributed by atoms with Crippen LogP contribution in [0.1, 0.15) is 11.7 Å². The molecule has 0 aliphatic carbocycles.